The number of carboxylic acids is 1. The molecule has 0 aromatic heterocycles. The van der Waals surface area contributed by atoms with E-state index in [0.29, 0.717) is 6.61 Å². The van der Waals surface area contributed by atoms with Crippen LogP contribution in [0.2, 0.25) is 0 Å². The summed E-state index contributed by atoms with van der Waals surface area (Å²) in [5.74, 6) is -0.827. The maximum absolute atomic E-state index is 10.8. The second kappa shape index (κ2) is 15.3. The van der Waals surface area contributed by atoms with Gasteiger partial charge >= 0.3 is 5.97 Å². The number of carboxylic acid groups (broad SMARTS) is 1. The molecule has 162 valence electrons. The summed E-state index contributed by atoms with van der Waals surface area (Å²) in [7, 11) is 0. The third-order valence-electron chi connectivity index (χ3n) is 5.01. The first kappa shape index (κ1) is 26.4. The number of hydrogen-bond donors (Lipinski definition) is 1. The quantitative estimate of drug-likeness (QED) is 0.249. The van der Waals surface area contributed by atoms with Gasteiger partial charge in [0.25, 0.3) is 0 Å². The van der Waals surface area contributed by atoms with E-state index in [4.69, 9.17) is 14.6 Å². The average molecular weight is 387 g/mol. The van der Waals surface area contributed by atoms with Crippen LogP contribution in [0.3, 0.4) is 0 Å². The molecule has 0 saturated heterocycles. The van der Waals surface area contributed by atoms with Crippen molar-refractivity contribution in [2.75, 3.05) is 13.2 Å². The van der Waals surface area contributed by atoms with Crippen LogP contribution in [0.15, 0.2) is 0 Å². The highest BCUT2D eigenvalue weighted by molar-refractivity contribution is 5.67. The normalized spacial score (nSPS) is 12.5. The van der Waals surface area contributed by atoms with Crippen molar-refractivity contribution >= 4 is 5.97 Å². The van der Waals surface area contributed by atoms with E-state index in [-0.39, 0.29) is 12.0 Å². The smallest absolute Gasteiger partial charge is 0.306 e. The van der Waals surface area contributed by atoms with Crippen LogP contribution in [-0.4, -0.2) is 35.5 Å². The van der Waals surface area contributed by atoms with Crippen molar-refractivity contribution in [3.63, 3.8) is 0 Å². The van der Waals surface area contributed by atoms with Crippen LogP contribution in [-0.2, 0) is 14.3 Å². The molecule has 0 rings (SSSR count). The molecule has 1 N–H and O–H groups in total. The Labute approximate surface area is 168 Å². The van der Waals surface area contributed by atoms with E-state index in [1.54, 1.807) is 0 Å². The molecule has 0 radical (unpaired) electrons. The van der Waals surface area contributed by atoms with Crippen molar-refractivity contribution in [1.82, 2.24) is 0 Å². The summed E-state index contributed by atoms with van der Waals surface area (Å²) in [5.41, 5.74) is -0.851. The Kier molecular flexibility index (Phi) is 15.0. The SMILES string of the molecule is CCCCCCCCCCCCCOC(C)(C)CCOC(C)(C)CC(=O)O. The third-order valence-corrected chi connectivity index (χ3v) is 5.01. The molecule has 0 fully saturated rings. The summed E-state index contributed by atoms with van der Waals surface area (Å²) in [6, 6.07) is 0. The Morgan fingerprint density at radius 3 is 1.63 bits per heavy atom. The van der Waals surface area contributed by atoms with Crippen LogP contribution in [0.4, 0.5) is 0 Å². The van der Waals surface area contributed by atoms with E-state index in [9.17, 15) is 4.79 Å². The molecule has 4 nitrogen and oxygen atoms in total. The summed E-state index contributed by atoms with van der Waals surface area (Å²) in [5, 5.41) is 8.88. The predicted molar refractivity (Wildman–Crippen MR) is 113 cm³/mol. The molecule has 0 spiro atoms. The third kappa shape index (κ3) is 18.5. The highest BCUT2D eigenvalue weighted by Crippen LogP contribution is 2.20. The van der Waals surface area contributed by atoms with E-state index >= 15 is 0 Å². The number of unbranched alkanes of at least 4 members (excludes halogenated alkanes) is 10. The second-order valence-corrected chi connectivity index (χ2v) is 9.07. The van der Waals surface area contributed by atoms with E-state index in [0.717, 1.165) is 19.4 Å². The van der Waals surface area contributed by atoms with Gasteiger partial charge in [0.1, 0.15) is 0 Å². The molecule has 0 aromatic rings. The molecule has 0 aliphatic rings. The van der Waals surface area contributed by atoms with Gasteiger partial charge < -0.3 is 14.6 Å². The maximum Gasteiger partial charge on any atom is 0.306 e. The fourth-order valence-corrected chi connectivity index (χ4v) is 3.18. The average Bonchev–Trinajstić information content (AvgIpc) is 2.54. The van der Waals surface area contributed by atoms with Gasteiger partial charge in [0.05, 0.1) is 24.2 Å². The summed E-state index contributed by atoms with van der Waals surface area (Å²) < 4.78 is 11.7. The summed E-state index contributed by atoms with van der Waals surface area (Å²) in [4.78, 5) is 10.8. The van der Waals surface area contributed by atoms with Crippen LogP contribution in [0.25, 0.3) is 0 Å². The van der Waals surface area contributed by atoms with Gasteiger partial charge in [-0.3, -0.25) is 4.79 Å². The first-order valence-corrected chi connectivity index (χ1v) is 11.2. The lowest BCUT2D eigenvalue weighted by Crippen LogP contribution is -2.32. The molecule has 0 bridgehead atoms. The number of hydrogen-bond acceptors (Lipinski definition) is 3. The van der Waals surface area contributed by atoms with E-state index in [2.05, 4.69) is 20.8 Å². The lowest BCUT2D eigenvalue weighted by molar-refractivity contribution is -0.144. The van der Waals surface area contributed by atoms with E-state index in [1.807, 2.05) is 13.8 Å². The van der Waals surface area contributed by atoms with Gasteiger partial charge in [-0.25, -0.2) is 0 Å². The largest absolute Gasteiger partial charge is 0.481 e. The summed E-state index contributed by atoms with van der Waals surface area (Å²) >= 11 is 0. The Morgan fingerprint density at radius 2 is 1.15 bits per heavy atom. The Hall–Kier alpha value is -0.610. The number of aliphatic carboxylic acids is 1. The molecule has 0 aliphatic carbocycles. The number of carbonyl (C=O) groups is 1. The minimum atomic E-state index is -0.827. The van der Waals surface area contributed by atoms with Gasteiger partial charge in [0, 0.05) is 6.61 Å². The van der Waals surface area contributed by atoms with Crippen molar-refractivity contribution in [2.45, 2.75) is 129 Å². The summed E-state index contributed by atoms with van der Waals surface area (Å²) in [6.07, 6.45) is 15.5. The summed E-state index contributed by atoms with van der Waals surface area (Å²) in [6.45, 7) is 11.4. The molecule has 0 amide bonds. The maximum atomic E-state index is 10.8. The molecule has 0 saturated carbocycles. The molecule has 27 heavy (non-hydrogen) atoms. The minimum Gasteiger partial charge on any atom is -0.481 e. The van der Waals surface area contributed by atoms with Crippen LogP contribution < -0.4 is 0 Å². The van der Waals surface area contributed by atoms with Crippen molar-refractivity contribution in [1.29, 1.82) is 0 Å². The van der Waals surface area contributed by atoms with E-state index in [1.165, 1.54) is 64.2 Å². The van der Waals surface area contributed by atoms with Gasteiger partial charge in [0.2, 0.25) is 0 Å². The van der Waals surface area contributed by atoms with Crippen LogP contribution >= 0.6 is 0 Å². The van der Waals surface area contributed by atoms with Gasteiger partial charge in [-0.05, 0) is 40.5 Å². The number of rotatable bonds is 19. The number of ether oxygens (including phenoxy) is 2. The topological polar surface area (TPSA) is 55.8 Å². The monoisotopic (exact) mass is 386 g/mol. The zero-order valence-corrected chi connectivity index (χ0v) is 18.8. The highest BCUT2D eigenvalue weighted by Gasteiger charge is 2.24. The van der Waals surface area contributed by atoms with Gasteiger partial charge in [-0.2, -0.15) is 0 Å². The molecular weight excluding hydrogens is 340 g/mol. The standard InChI is InChI=1S/C23H46O4/c1-6-7-8-9-10-11-12-13-14-15-16-18-26-22(2,3)17-19-27-23(4,5)20-21(24)25/h6-20H2,1-5H3,(H,24,25). The van der Waals surface area contributed by atoms with Crippen molar-refractivity contribution in [2.24, 2.45) is 0 Å². The predicted octanol–water partition coefficient (Wildman–Crippen LogP) is 6.75. The molecular formula is C23H46O4. The van der Waals surface area contributed by atoms with Gasteiger partial charge in [-0.1, -0.05) is 71.1 Å². The Balaban J connectivity index is 3.55. The Morgan fingerprint density at radius 1 is 0.704 bits per heavy atom. The Bertz CT molecular complexity index is 363. The molecule has 0 aromatic carbocycles. The van der Waals surface area contributed by atoms with Crippen molar-refractivity contribution in [3.05, 3.63) is 0 Å². The van der Waals surface area contributed by atoms with Gasteiger partial charge in [0.15, 0.2) is 0 Å². The zero-order valence-electron chi connectivity index (χ0n) is 18.8. The fraction of sp³-hybridized carbons (Fsp3) is 0.957. The second-order valence-electron chi connectivity index (χ2n) is 9.07. The first-order valence-electron chi connectivity index (χ1n) is 11.2. The molecule has 0 aliphatic heterocycles. The van der Waals surface area contributed by atoms with Crippen LogP contribution in [0.5, 0.6) is 0 Å². The molecule has 0 atom stereocenters. The van der Waals surface area contributed by atoms with Gasteiger partial charge in [-0.15, -0.1) is 0 Å². The van der Waals surface area contributed by atoms with Crippen LogP contribution in [0, 0.1) is 0 Å². The molecule has 0 heterocycles. The van der Waals surface area contributed by atoms with Crippen LogP contribution in [0.1, 0.15) is 118 Å². The highest BCUT2D eigenvalue weighted by atomic mass is 16.5. The lowest BCUT2D eigenvalue weighted by atomic mass is 10.0. The molecule has 0 unspecified atom stereocenters. The van der Waals surface area contributed by atoms with Crippen molar-refractivity contribution in [3.8, 4) is 0 Å². The fourth-order valence-electron chi connectivity index (χ4n) is 3.18. The first-order chi connectivity index (χ1) is 12.7. The van der Waals surface area contributed by atoms with Crippen molar-refractivity contribution < 1.29 is 19.4 Å². The van der Waals surface area contributed by atoms with E-state index < -0.39 is 11.6 Å². The zero-order chi connectivity index (χ0) is 20.6. The minimum absolute atomic E-state index is 0.0209. The molecule has 4 heteroatoms. The lowest BCUT2D eigenvalue weighted by Gasteiger charge is -2.29.